The van der Waals surface area contributed by atoms with Gasteiger partial charge in [0, 0.05) is 19.3 Å². The monoisotopic (exact) mass is 279 g/mol. The molecule has 108 valence electrons. The van der Waals surface area contributed by atoms with E-state index in [0.717, 1.165) is 11.1 Å². The normalized spacial score (nSPS) is 25.4. The van der Waals surface area contributed by atoms with Crippen molar-refractivity contribution in [2.24, 2.45) is 11.8 Å². The van der Waals surface area contributed by atoms with Gasteiger partial charge in [-0.05, 0) is 25.0 Å². The van der Waals surface area contributed by atoms with Crippen LogP contribution in [-0.2, 0) is 0 Å². The molecule has 2 atom stereocenters. The third-order valence-electron chi connectivity index (χ3n) is 4.18. The number of halogens is 2. The van der Waals surface area contributed by atoms with Crippen LogP contribution in [0.2, 0.25) is 0 Å². The maximum absolute atomic E-state index is 13.1. The quantitative estimate of drug-likeness (QED) is 0.792. The van der Waals surface area contributed by atoms with Crippen molar-refractivity contribution in [2.75, 3.05) is 18.0 Å². The lowest BCUT2D eigenvalue weighted by atomic mass is 10.1. The Hall–Kier alpha value is -1.70. The van der Waals surface area contributed by atoms with Crippen LogP contribution in [0.25, 0.3) is 0 Å². The molecule has 5 heteroatoms. The summed E-state index contributed by atoms with van der Waals surface area (Å²) in [6, 6.07) is 2.14. The van der Waals surface area contributed by atoms with Crippen LogP contribution in [-0.4, -0.2) is 24.0 Å². The smallest absolute Gasteiger partial charge is 0.258 e. The summed E-state index contributed by atoms with van der Waals surface area (Å²) in [5.74, 6) is -3.04. The molecule has 0 spiro atoms. The van der Waals surface area contributed by atoms with E-state index in [2.05, 4.69) is 11.1 Å². The average Bonchev–Trinajstić information content (AvgIpc) is 2.84. The molecule has 1 aromatic heterocycles. The van der Waals surface area contributed by atoms with Crippen molar-refractivity contribution in [3.63, 3.8) is 0 Å². The standard InChI is InChI=1S/C13H13F2N3.C2H6/c1-7-4-17-12(9(3-16)8(7)2)18-5-10-11(6-18)13(10,14)15;1-2/h4,10-11H,5-6H2,1-2H3;1-2H3. The number of piperidine rings is 1. The Morgan fingerprint density at radius 1 is 1.30 bits per heavy atom. The number of nitrogens with zero attached hydrogens (tertiary/aromatic N) is 3. The second-order valence-electron chi connectivity index (χ2n) is 5.17. The Kier molecular flexibility index (Phi) is 3.68. The number of aromatic nitrogens is 1. The van der Waals surface area contributed by atoms with Crippen molar-refractivity contribution in [3.05, 3.63) is 22.9 Å². The summed E-state index contributed by atoms with van der Waals surface area (Å²) in [6.07, 6.45) is 1.70. The highest BCUT2D eigenvalue weighted by Gasteiger charge is 2.71. The van der Waals surface area contributed by atoms with E-state index in [9.17, 15) is 14.0 Å². The predicted molar refractivity (Wildman–Crippen MR) is 73.9 cm³/mol. The molecule has 1 aliphatic carbocycles. The fourth-order valence-corrected chi connectivity index (χ4v) is 2.74. The lowest BCUT2D eigenvalue weighted by Gasteiger charge is -2.22. The zero-order valence-electron chi connectivity index (χ0n) is 12.2. The first kappa shape index (κ1) is 14.7. The molecule has 0 N–H and O–H groups in total. The average molecular weight is 279 g/mol. The molecule has 0 aromatic carbocycles. The maximum Gasteiger partial charge on any atom is 0.258 e. The molecule has 1 saturated carbocycles. The van der Waals surface area contributed by atoms with E-state index < -0.39 is 17.8 Å². The lowest BCUT2D eigenvalue weighted by Crippen LogP contribution is -2.29. The molecule has 2 unspecified atom stereocenters. The minimum absolute atomic E-state index is 0.307. The van der Waals surface area contributed by atoms with Crippen molar-refractivity contribution in [1.29, 1.82) is 5.26 Å². The van der Waals surface area contributed by atoms with Crippen LogP contribution in [0.1, 0.15) is 30.5 Å². The van der Waals surface area contributed by atoms with Gasteiger partial charge in [-0.15, -0.1) is 0 Å². The van der Waals surface area contributed by atoms with Gasteiger partial charge in [0.05, 0.1) is 17.4 Å². The van der Waals surface area contributed by atoms with Gasteiger partial charge in [0.2, 0.25) is 0 Å². The van der Waals surface area contributed by atoms with E-state index in [4.69, 9.17) is 0 Å². The van der Waals surface area contributed by atoms with Gasteiger partial charge in [-0.1, -0.05) is 13.8 Å². The van der Waals surface area contributed by atoms with Crippen molar-refractivity contribution < 1.29 is 8.78 Å². The Balaban J connectivity index is 0.000000704. The zero-order chi connectivity index (χ0) is 15.1. The SMILES string of the molecule is CC.Cc1cnc(N2CC3C(C2)C3(F)F)c(C#N)c1C. The van der Waals surface area contributed by atoms with Crippen molar-refractivity contribution >= 4 is 5.82 Å². The summed E-state index contributed by atoms with van der Waals surface area (Å²) in [4.78, 5) is 6.07. The third kappa shape index (κ3) is 2.04. The van der Waals surface area contributed by atoms with Gasteiger partial charge in [0.25, 0.3) is 5.92 Å². The first-order valence-electron chi connectivity index (χ1n) is 6.96. The number of nitriles is 1. The molecule has 2 fully saturated rings. The minimum atomic E-state index is -2.50. The highest BCUT2D eigenvalue weighted by molar-refractivity contribution is 5.60. The predicted octanol–water partition coefficient (Wildman–Crippen LogP) is 3.30. The van der Waals surface area contributed by atoms with Crippen LogP contribution in [0, 0.1) is 37.0 Å². The van der Waals surface area contributed by atoms with E-state index in [1.54, 1.807) is 6.20 Å². The molecular weight excluding hydrogens is 260 g/mol. The molecule has 2 heterocycles. The summed E-state index contributed by atoms with van der Waals surface area (Å²) in [7, 11) is 0. The largest absolute Gasteiger partial charge is 0.354 e. The minimum Gasteiger partial charge on any atom is -0.354 e. The van der Waals surface area contributed by atoms with Crippen molar-refractivity contribution in [3.8, 4) is 6.07 Å². The first-order chi connectivity index (χ1) is 9.46. The molecule has 2 aliphatic rings. The van der Waals surface area contributed by atoms with Crippen molar-refractivity contribution in [2.45, 2.75) is 33.6 Å². The number of pyridine rings is 1. The van der Waals surface area contributed by atoms with E-state index >= 15 is 0 Å². The Morgan fingerprint density at radius 2 is 1.85 bits per heavy atom. The number of aryl methyl sites for hydroxylation is 1. The number of alkyl halides is 2. The molecule has 3 rings (SSSR count). The lowest BCUT2D eigenvalue weighted by molar-refractivity contribution is 0.0797. The highest BCUT2D eigenvalue weighted by atomic mass is 19.3. The van der Waals surface area contributed by atoms with Crippen LogP contribution in [0.15, 0.2) is 6.20 Å². The third-order valence-corrected chi connectivity index (χ3v) is 4.18. The van der Waals surface area contributed by atoms with Gasteiger partial charge in [-0.25, -0.2) is 13.8 Å². The molecule has 1 saturated heterocycles. The van der Waals surface area contributed by atoms with Gasteiger partial charge in [0.15, 0.2) is 0 Å². The first-order valence-corrected chi connectivity index (χ1v) is 6.96. The van der Waals surface area contributed by atoms with E-state index in [-0.39, 0.29) is 0 Å². The van der Waals surface area contributed by atoms with Crippen molar-refractivity contribution in [1.82, 2.24) is 4.98 Å². The van der Waals surface area contributed by atoms with Gasteiger partial charge in [0.1, 0.15) is 11.9 Å². The molecule has 0 amide bonds. The molecular formula is C15H19F2N3. The second kappa shape index (κ2) is 5.01. The van der Waals surface area contributed by atoms with Crippen LogP contribution >= 0.6 is 0 Å². The fourth-order valence-electron chi connectivity index (χ4n) is 2.74. The van der Waals surface area contributed by atoms with Gasteiger partial charge in [-0.3, -0.25) is 0 Å². The summed E-state index contributed by atoms with van der Waals surface area (Å²) in [6.45, 7) is 8.37. The number of anilines is 1. The number of fused-ring (bicyclic) bond motifs is 1. The Bertz CT molecular complexity index is 549. The molecule has 20 heavy (non-hydrogen) atoms. The Labute approximate surface area is 118 Å². The zero-order valence-corrected chi connectivity index (χ0v) is 12.2. The fraction of sp³-hybridized carbons (Fsp3) is 0.600. The van der Waals surface area contributed by atoms with E-state index in [1.165, 1.54) is 0 Å². The topological polar surface area (TPSA) is 39.9 Å². The summed E-state index contributed by atoms with van der Waals surface area (Å²) >= 11 is 0. The van der Waals surface area contributed by atoms with Crippen LogP contribution in [0.5, 0.6) is 0 Å². The molecule has 3 nitrogen and oxygen atoms in total. The van der Waals surface area contributed by atoms with Crippen LogP contribution in [0.4, 0.5) is 14.6 Å². The Morgan fingerprint density at radius 3 is 2.35 bits per heavy atom. The van der Waals surface area contributed by atoms with Gasteiger partial charge < -0.3 is 4.90 Å². The molecule has 1 aliphatic heterocycles. The number of rotatable bonds is 1. The summed E-state index contributed by atoms with van der Waals surface area (Å²) in [5, 5.41) is 9.20. The second-order valence-corrected chi connectivity index (χ2v) is 5.17. The van der Waals surface area contributed by atoms with Gasteiger partial charge in [-0.2, -0.15) is 5.26 Å². The highest BCUT2D eigenvalue weighted by Crippen LogP contribution is 2.59. The van der Waals surface area contributed by atoms with E-state index in [1.807, 2.05) is 32.6 Å². The number of hydrogen-bond acceptors (Lipinski definition) is 3. The summed E-state index contributed by atoms with van der Waals surface area (Å²) < 4.78 is 26.3. The van der Waals surface area contributed by atoms with E-state index in [0.29, 0.717) is 24.5 Å². The molecule has 1 aromatic rings. The molecule has 0 bridgehead atoms. The van der Waals surface area contributed by atoms with Crippen LogP contribution in [0.3, 0.4) is 0 Å². The number of hydrogen-bond donors (Lipinski definition) is 0. The van der Waals surface area contributed by atoms with Crippen LogP contribution < -0.4 is 4.90 Å². The summed E-state index contributed by atoms with van der Waals surface area (Å²) in [5.41, 5.74) is 2.35. The van der Waals surface area contributed by atoms with Gasteiger partial charge >= 0.3 is 0 Å². The maximum atomic E-state index is 13.1. The molecule has 0 radical (unpaired) electrons.